The van der Waals surface area contributed by atoms with Crippen molar-refractivity contribution in [3.8, 4) is 0 Å². The van der Waals surface area contributed by atoms with Gasteiger partial charge in [0, 0.05) is 37.5 Å². The van der Waals surface area contributed by atoms with Gasteiger partial charge in [-0.15, -0.1) is 0 Å². The van der Waals surface area contributed by atoms with E-state index in [-0.39, 0.29) is 64.6 Å². The molecule has 4 fully saturated rings. The van der Waals surface area contributed by atoms with Crippen molar-refractivity contribution in [1.82, 2.24) is 0 Å². The van der Waals surface area contributed by atoms with Crippen molar-refractivity contribution in [1.29, 1.82) is 0 Å². The minimum absolute atomic E-state index is 0.0525. The highest BCUT2D eigenvalue weighted by Gasteiger charge is 2.81. The quantitative estimate of drug-likeness (QED) is 0.140. The average Bonchev–Trinajstić information content (AvgIpc) is 3.55. The molecule has 0 aromatic carbocycles. The van der Waals surface area contributed by atoms with E-state index in [0.29, 0.717) is 18.3 Å². The molecular formula is C35H50O8. The van der Waals surface area contributed by atoms with Crippen LogP contribution in [-0.2, 0) is 38.2 Å². The lowest BCUT2D eigenvalue weighted by Gasteiger charge is -2.60. The Kier molecular flexibility index (Phi) is 8.14. The van der Waals surface area contributed by atoms with Crippen molar-refractivity contribution in [2.75, 3.05) is 13.4 Å². The predicted molar refractivity (Wildman–Crippen MR) is 158 cm³/mol. The average molecular weight is 599 g/mol. The number of esters is 2. The Morgan fingerprint density at radius 2 is 1.67 bits per heavy atom. The molecule has 12 atom stereocenters. The topological polar surface area (TPSA) is 113 Å². The molecule has 5 rings (SSSR count). The Hall–Kier alpha value is -2.35. The van der Waals surface area contributed by atoms with Gasteiger partial charge in [0.25, 0.3) is 0 Å². The number of fused-ring (bicyclic) bond motifs is 2. The second-order valence-corrected chi connectivity index (χ2v) is 15.3. The zero-order chi connectivity index (χ0) is 31.7. The third-order valence-corrected chi connectivity index (χ3v) is 13.5. The maximum Gasteiger partial charge on any atom is 0.304 e. The fourth-order valence-electron chi connectivity index (χ4n) is 11.0. The van der Waals surface area contributed by atoms with Crippen LogP contribution in [0.4, 0.5) is 0 Å². The van der Waals surface area contributed by atoms with Crippen molar-refractivity contribution in [3.05, 3.63) is 12.2 Å². The minimum atomic E-state index is -0.605. The number of ether oxygens (including phenoxy) is 3. The van der Waals surface area contributed by atoms with Crippen molar-refractivity contribution in [2.24, 2.45) is 63.1 Å². The minimum Gasteiger partial charge on any atom is -0.462 e. The molecular weight excluding hydrogens is 548 g/mol. The van der Waals surface area contributed by atoms with Crippen LogP contribution in [0.25, 0.3) is 0 Å². The van der Waals surface area contributed by atoms with E-state index >= 15 is 0 Å². The molecule has 43 heavy (non-hydrogen) atoms. The van der Waals surface area contributed by atoms with Crippen molar-refractivity contribution >= 4 is 29.3 Å². The molecule has 238 valence electrons. The second-order valence-electron chi connectivity index (χ2n) is 15.3. The number of carbonyl (C=O) groups excluding carboxylic acids is 5. The zero-order valence-electron chi connectivity index (χ0n) is 27.2. The molecule has 0 aromatic heterocycles. The third-order valence-electron chi connectivity index (χ3n) is 13.5. The smallest absolute Gasteiger partial charge is 0.304 e. The molecule has 3 unspecified atom stereocenters. The maximum absolute atomic E-state index is 13.9. The highest BCUT2D eigenvalue weighted by atomic mass is 16.7. The van der Waals surface area contributed by atoms with Gasteiger partial charge < -0.3 is 14.2 Å². The maximum atomic E-state index is 13.9. The first-order valence-electron chi connectivity index (χ1n) is 16.3. The Morgan fingerprint density at radius 3 is 2.33 bits per heavy atom. The number of hydrogen-bond acceptors (Lipinski definition) is 8. The summed E-state index contributed by atoms with van der Waals surface area (Å²) in [4.78, 5) is 63.5. The SMILES string of the molecule is CC(=O)OCOC[C@H](C)C(C)C(=O)C(=O)[C@@H](C)[C@H]1[C@@H](OC(C)=O)C[C@@]2(C)C3CCC4[C@H](C)C(=O)C=C[C@@]45C[C@@]35CC[C@]12C. The van der Waals surface area contributed by atoms with E-state index in [1.54, 1.807) is 6.92 Å². The van der Waals surface area contributed by atoms with Gasteiger partial charge in [0.15, 0.2) is 12.6 Å². The van der Waals surface area contributed by atoms with Gasteiger partial charge in [-0.25, -0.2) is 0 Å². The number of rotatable bonds is 10. The standard InChI is InChI=1S/C35H50O8/c1-19(16-41-18-42-23(5)36)20(2)30(39)31(40)22(4)29-27(43-24(6)37)15-33(8)28-10-9-25-21(3)26(38)11-12-34(25)17-35(28,34)14-13-32(29,33)7/h11-12,19-22,25,27-29H,9-10,13-18H2,1-8H3/t19-,20?,21-,22-,25?,27-,28?,29-,32+,33-,34+,35-/m0/s1. The molecule has 0 saturated heterocycles. The summed E-state index contributed by atoms with van der Waals surface area (Å²) in [5, 5.41) is 0. The largest absolute Gasteiger partial charge is 0.462 e. The Bertz CT molecular complexity index is 1240. The third kappa shape index (κ3) is 4.67. The highest BCUT2D eigenvalue weighted by molar-refractivity contribution is 6.38. The molecule has 5 aliphatic rings. The van der Waals surface area contributed by atoms with Crippen LogP contribution in [-0.4, -0.2) is 48.8 Å². The van der Waals surface area contributed by atoms with Crippen molar-refractivity contribution < 1.29 is 38.2 Å². The summed E-state index contributed by atoms with van der Waals surface area (Å²) in [6, 6.07) is 0. The molecule has 0 amide bonds. The van der Waals surface area contributed by atoms with Gasteiger partial charge in [-0.2, -0.15) is 0 Å². The van der Waals surface area contributed by atoms with Gasteiger partial charge in [-0.1, -0.05) is 47.6 Å². The number of ketones is 3. The van der Waals surface area contributed by atoms with E-state index in [4.69, 9.17) is 14.2 Å². The lowest BCUT2D eigenvalue weighted by atomic mass is 9.43. The van der Waals surface area contributed by atoms with Crippen LogP contribution >= 0.6 is 0 Å². The first-order valence-corrected chi connectivity index (χ1v) is 16.3. The van der Waals surface area contributed by atoms with Crippen LogP contribution in [0, 0.1) is 63.1 Å². The molecule has 0 heterocycles. The van der Waals surface area contributed by atoms with Gasteiger partial charge >= 0.3 is 11.9 Å². The van der Waals surface area contributed by atoms with E-state index in [9.17, 15) is 24.0 Å². The van der Waals surface area contributed by atoms with Crippen LogP contribution in [0.15, 0.2) is 12.2 Å². The first-order chi connectivity index (χ1) is 20.1. The fourth-order valence-corrected chi connectivity index (χ4v) is 11.0. The monoisotopic (exact) mass is 598 g/mol. The van der Waals surface area contributed by atoms with Crippen molar-refractivity contribution in [3.63, 3.8) is 0 Å². The lowest BCUT2D eigenvalue weighted by molar-refractivity contribution is -0.158. The van der Waals surface area contributed by atoms with E-state index in [1.165, 1.54) is 13.8 Å². The van der Waals surface area contributed by atoms with Gasteiger partial charge in [-0.05, 0) is 84.0 Å². The van der Waals surface area contributed by atoms with E-state index in [0.717, 1.165) is 32.1 Å². The predicted octanol–water partition coefficient (Wildman–Crippen LogP) is 5.51. The van der Waals surface area contributed by atoms with E-state index in [2.05, 4.69) is 26.8 Å². The van der Waals surface area contributed by atoms with Crippen LogP contribution in [0.1, 0.15) is 93.9 Å². The van der Waals surface area contributed by atoms with Crippen LogP contribution in [0.5, 0.6) is 0 Å². The molecule has 8 heteroatoms. The molecule has 0 bridgehead atoms. The Labute approximate surface area is 256 Å². The zero-order valence-corrected chi connectivity index (χ0v) is 27.2. The summed E-state index contributed by atoms with van der Waals surface area (Å²) in [5.74, 6) is -2.27. The summed E-state index contributed by atoms with van der Waals surface area (Å²) in [6.45, 7) is 14.9. The van der Waals surface area contributed by atoms with Gasteiger partial charge in [0.2, 0.25) is 11.6 Å². The van der Waals surface area contributed by atoms with E-state index in [1.807, 2.05) is 19.9 Å². The fraction of sp³-hybridized carbons (Fsp3) is 0.800. The first kappa shape index (κ1) is 32.1. The number of carbonyl (C=O) groups is 5. The summed E-state index contributed by atoms with van der Waals surface area (Å²) in [7, 11) is 0. The molecule has 4 saturated carbocycles. The van der Waals surface area contributed by atoms with Gasteiger partial charge in [0.1, 0.15) is 6.10 Å². The molecule has 2 spiro atoms. The lowest BCUT2D eigenvalue weighted by Crippen LogP contribution is -2.55. The molecule has 0 aromatic rings. The molecule has 0 radical (unpaired) electrons. The van der Waals surface area contributed by atoms with Crippen LogP contribution in [0.3, 0.4) is 0 Å². The Balaban J connectivity index is 1.39. The summed E-state index contributed by atoms with van der Waals surface area (Å²) in [6.07, 6.45) is 9.41. The van der Waals surface area contributed by atoms with Crippen LogP contribution < -0.4 is 0 Å². The Morgan fingerprint density at radius 1 is 0.977 bits per heavy atom. The number of hydrogen-bond donors (Lipinski definition) is 0. The number of Topliss-reactive ketones (excluding diaryl/α,β-unsaturated/α-hetero) is 2. The summed E-state index contributed by atoms with van der Waals surface area (Å²) in [5.41, 5.74) is -0.256. The van der Waals surface area contributed by atoms with E-state index < -0.39 is 35.5 Å². The second kappa shape index (κ2) is 10.9. The molecule has 8 nitrogen and oxygen atoms in total. The normalized spacial score (nSPS) is 42.8. The number of allylic oxidation sites excluding steroid dienone is 2. The molecule has 5 aliphatic carbocycles. The molecule has 0 aliphatic heterocycles. The summed E-state index contributed by atoms with van der Waals surface area (Å²) >= 11 is 0. The highest BCUT2D eigenvalue weighted by Crippen LogP contribution is 2.87. The van der Waals surface area contributed by atoms with Crippen molar-refractivity contribution in [2.45, 2.75) is 100 Å². The van der Waals surface area contributed by atoms with Gasteiger partial charge in [0.05, 0.1) is 6.61 Å². The van der Waals surface area contributed by atoms with Gasteiger partial charge in [-0.3, -0.25) is 24.0 Å². The van der Waals surface area contributed by atoms with Crippen LogP contribution in [0.2, 0.25) is 0 Å². The summed E-state index contributed by atoms with van der Waals surface area (Å²) < 4.78 is 16.2. The molecule has 0 N–H and O–H groups in total.